The van der Waals surface area contributed by atoms with Crippen LogP contribution in [0, 0.1) is 5.92 Å². The zero-order valence-corrected chi connectivity index (χ0v) is 17.0. The van der Waals surface area contributed by atoms with Gasteiger partial charge < -0.3 is 10.2 Å². The van der Waals surface area contributed by atoms with E-state index in [1.165, 1.54) is 0 Å². The van der Waals surface area contributed by atoms with Gasteiger partial charge in [0.25, 0.3) is 5.91 Å². The number of carbonyl (C=O) groups is 2. The van der Waals surface area contributed by atoms with Crippen LogP contribution in [-0.2, 0) is 14.6 Å². The van der Waals surface area contributed by atoms with Crippen molar-refractivity contribution in [2.24, 2.45) is 5.92 Å². The summed E-state index contributed by atoms with van der Waals surface area (Å²) in [6.07, 6.45) is 3.00. The molecular weight excluding hydrogens is 376 g/mol. The number of hydrogen-bond donors (Lipinski definition) is 1. The molecule has 0 radical (unpaired) electrons. The summed E-state index contributed by atoms with van der Waals surface area (Å²) in [6.45, 7) is 1.88. The molecule has 3 rings (SSSR count). The molecule has 28 heavy (non-hydrogen) atoms. The number of hydrogen-bond acceptors (Lipinski definition) is 4. The number of rotatable bonds is 6. The van der Waals surface area contributed by atoms with Crippen molar-refractivity contribution in [2.75, 3.05) is 18.6 Å². The van der Waals surface area contributed by atoms with Crippen molar-refractivity contribution in [3.8, 4) is 0 Å². The van der Waals surface area contributed by atoms with Gasteiger partial charge in [0.15, 0.2) is 9.84 Å². The van der Waals surface area contributed by atoms with Crippen LogP contribution < -0.4 is 5.32 Å². The standard InChI is InChI=1S/C21H24N2O4S/c1-14(15-9-11-19(12-10-15)28(3,26)27)23(2)21(25)17-5-4-6-18(13-17)22-20(24)16-7-8-16/h4-6,9-14,16H,7-8H2,1-3H3,(H,22,24). The zero-order chi connectivity index (χ0) is 20.5. The van der Waals surface area contributed by atoms with E-state index in [4.69, 9.17) is 0 Å². The lowest BCUT2D eigenvalue weighted by Gasteiger charge is -2.26. The van der Waals surface area contributed by atoms with Crippen LogP contribution in [-0.4, -0.2) is 38.4 Å². The molecule has 1 unspecified atom stereocenters. The molecule has 7 heteroatoms. The normalized spacial score (nSPS) is 15.0. The summed E-state index contributed by atoms with van der Waals surface area (Å²) in [7, 11) is -1.56. The molecule has 1 saturated carbocycles. The molecule has 2 aromatic rings. The SMILES string of the molecule is CC(c1ccc(S(C)(=O)=O)cc1)N(C)C(=O)c1cccc(NC(=O)C2CC2)c1. The molecule has 0 aromatic heterocycles. The molecule has 2 amide bonds. The van der Waals surface area contributed by atoms with E-state index in [0.29, 0.717) is 11.3 Å². The Morgan fingerprint density at radius 3 is 2.32 bits per heavy atom. The van der Waals surface area contributed by atoms with Crippen molar-refractivity contribution >= 4 is 27.3 Å². The zero-order valence-electron chi connectivity index (χ0n) is 16.2. The largest absolute Gasteiger partial charge is 0.335 e. The van der Waals surface area contributed by atoms with Crippen LogP contribution in [0.1, 0.15) is 41.7 Å². The average Bonchev–Trinajstić information content (AvgIpc) is 3.51. The van der Waals surface area contributed by atoms with Gasteiger partial charge in [0.1, 0.15) is 0 Å². The highest BCUT2D eigenvalue weighted by Gasteiger charge is 2.29. The number of anilines is 1. The Hall–Kier alpha value is -2.67. The first-order valence-corrected chi connectivity index (χ1v) is 11.0. The van der Waals surface area contributed by atoms with Gasteiger partial charge in [0.2, 0.25) is 5.91 Å². The third-order valence-electron chi connectivity index (χ3n) is 5.02. The van der Waals surface area contributed by atoms with E-state index in [0.717, 1.165) is 24.7 Å². The minimum absolute atomic E-state index is 0.00251. The molecule has 1 fully saturated rings. The molecular formula is C21H24N2O4S. The number of nitrogens with one attached hydrogen (secondary N) is 1. The van der Waals surface area contributed by atoms with Gasteiger partial charge in [-0.3, -0.25) is 9.59 Å². The van der Waals surface area contributed by atoms with Crippen LogP contribution in [0.15, 0.2) is 53.4 Å². The first kappa shape index (κ1) is 20.1. The van der Waals surface area contributed by atoms with Gasteiger partial charge >= 0.3 is 0 Å². The molecule has 1 aliphatic rings. The van der Waals surface area contributed by atoms with Gasteiger partial charge in [-0.1, -0.05) is 18.2 Å². The monoisotopic (exact) mass is 400 g/mol. The summed E-state index contributed by atoms with van der Waals surface area (Å²) in [6, 6.07) is 13.2. The first-order valence-electron chi connectivity index (χ1n) is 9.15. The highest BCUT2D eigenvalue weighted by molar-refractivity contribution is 7.90. The average molecular weight is 401 g/mol. The third-order valence-corrected chi connectivity index (χ3v) is 6.15. The van der Waals surface area contributed by atoms with Crippen LogP contribution in [0.2, 0.25) is 0 Å². The van der Waals surface area contributed by atoms with Crippen LogP contribution in [0.25, 0.3) is 0 Å². The van der Waals surface area contributed by atoms with Crippen molar-refractivity contribution < 1.29 is 18.0 Å². The fraction of sp³-hybridized carbons (Fsp3) is 0.333. The van der Waals surface area contributed by atoms with E-state index in [9.17, 15) is 18.0 Å². The molecule has 2 aromatic carbocycles. The smallest absolute Gasteiger partial charge is 0.254 e. The van der Waals surface area contributed by atoms with Crippen molar-refractivity contribution in [1.29, 1.82) is 0 Å². The van der Waals surface area contributed by atoms with Gasteiger partial charge in [-0.05, 0) is 55.7 Å². The topological polar surface area (TPSA) is 83.6 Å². The number of sulfone groups is 1. The maximum absolute atomic E-state index is 12.9. The van der Waals surface area contributed by atoms with Crippen molar-refractivity contribution in [3.63, 3.8) is 0 Å². The lowest BCUT2D eigenvalue weighted by molar-refractivity contribution is -0.117. The second-order valence-corrected chi connectivity index (χ2v) is 9.29. The van der Waals surface area contributed by atoms with Gasteiger partial charge in [-0.2, -0.15) is 0 Å². The fourth-order valence-electron chi connectivity index (χ4n) is 2.92. The fourth-order valence-corrected chi connectivity index (χ4v) is 3.55. The number of benzene rings is 2. The molecule has 0 saturated heterocycles. The van der Waals surface area contributed by atoms with Crippen molar-refractivity contribution in [1.82, 2.24) is 4.90 Å². The Kier molecular flexibility index (Phi) is 5.56. The summed E-state index contributed by atoms with van der Waals surface area (Å²) in [5.41, 5.74) is 1.93. The molecule has 1 aliphatic carbocycles. The molecule has 148 valence electrons. The van der Waals surface area contributed by atoms with Gasteiger partial charge in [0.05, 0.1) is 10.9 Å². The van der Waals surface area contributed by atoms with Crippen molar-refractivity contribution in [3.05, 3.63) is 59.7 Å². The Bertz CT molecular complexity index is 995. The van der Waals surface area contributed by atoms with E-state index >= 15 is 0 Å². The van der Waals surface area contributed by atoms with E-state index in [1.54, 1.807) is 60.5 Å². The molecule has 0 aliphatic heterocycles. The minimum Gasteiger partial charge on any atom is -0.335 e. The Labute approximate surface area is 165 Å². The predicted octanol–water partition coefficient (Wildman–Crippen LogP) is 3.27. The molecule has 1 N–H and O–H groups in total. The third kappa shape index (κ3) is 4.59. The number of nitrogens with zero attached hydrogens (tertiary/aromatic N) is 1. The van der Waals surface area contributed by atoms with E-state index in [2.05, 4.69) is 5.32 Å². The minimum atomic E-state index is -3.26. The summed E-state index contributed by atoms with van der Waals surface area (Å²) in [5.74, 6) is -0.0866. The summed E-state index contributed by atoms with van der Waals surface area (Å²) in [5, 5.41) is 2.85. The maximum Gasteiger partial charge on any atom is 0.254 e. The first-order chi connectivity index (χ1) is 13.2. The molecule has 6 nitrogen and oxygen atoms in total. The molecule has 1 atom stereocenters. The summed E-state index contributed by atoms with van der Waals surface area (Å²) >= 11 is 0. The van der Waals surface area contributed by atoms with Crippen LogP contribution in [0.4, 0.5) is 5.69 Å². The van der Waals surface area contributed by atoms with Crippen LogP contribution >= 0.6 is 0 Å². The highest BCUT2D eigenvalue weighted by atomic mass is 32.2. The maximum atomic E-state index is 12.9. The Morgan fingerprint density at radius 2 is 1.75 bits per heavy atom. The van der Waals surface area contributed by atoms with Crippen molar-refractivity contribution in [2.45, 2.75) is 30.7 Å². The Morgan fingerprint density at radius 1 is 1.11 bits per heavy atom. The lowest BCUT2D eigenvalue weighted by Crippen LogP contribution is -2.29. The summed E-state index contributed by atoms with van der Waals surface area (Å²) in [4.78, 5) is 26.7. The second-order valence-electron chi connectivity index (χ2n) is 7.28. The molecule has 0 spiro atoms. The van der Waals surface area contributed by atoms with Crippen LogP contribution in [0.5, 0.6) is 0 Å². The van der Waals surface area contributed by atoms with Gasteiger partial charge in [-0.15, -0.1) is 0 Å². The quantitative estimate of drug-likeness (QED) is 0.807. The Balaban J connectivity index is 1.73. The van der Waals surface area contributed by atoms with E-state index in [1.807, 2.05) is 6.92 Å². The molecule has 0 bridgehead atoms. The second kappa shape index (κ2) is 7.75. The lowest BCUT2D eigenvalue weighted by atomic mass is 10.1. The predicted molar refractivity (Wildman–Crippen MR) is 108 cm³/mol. The van der Waals surface area contributed by atoms with Gasteiger partial charge in [-0.25, -0.2) is 8.42 Å². The van der Waals surface area contributed by atoms with Gasteiger partial charge in [0, 0.05) is 30.5 Å². The number of amides is 2. The van der Waals surface area contributed by atoms with E-state index < -0.39 is 9.84 Å². The highest BCUT2D eigenvalue weighted by Crippen LogP contribution is 2.30. The van der Waals surface area contributed by atoms with Crippen LogP contribution in [0.3, 0.4) is 0 Å². The number of carbonyl (C=O) groups excluding carboxylic acids is 2. The molecule has 0 heterocycles. The van der Waals surface area contributed by atoms with E-state index in [-0.39, 0.29) is 28.7 Å². The summed E-state index contributed by atoms with van der Waals surface area (Å²) < 4.78 is 23.2.